The molecule has 6 atom stereocenters. The van der Waals surface area contributed by atoms with Crippen molar-refractivity contribution in [3.05, 3.63) is 35.4 Å². The molecule has 0 radical (unpaired) electrons. The molecule has 3 fully saturated rings. The minimum absolute atomic E-state index is 0.171. The van der Waals surface area contributed by atoms with Crippen LogP contribution in [0, 0.1) is 17.3 Å². The second kappa shape index (κ2) is 5.65. The summed E-state index contributed by atoms with van der Waals surface area (Å²) in [5, 5.41) is 0. The van der Waals surface area contributed by atoms with Crippen LogP contribution in [0.5, 0.6) is 11.5 Å². The Morgan fingerprint density at radius 1 is 1.29 bits per heavy atom. The predicted molar refractivity (Wildman–Crippen MR) is 114 cm³/mol. The highest BCUT2D eigenvalue weighted by Crippen LogP contribution is 2.74. The van der Waals surface area contributed by atoms with Gasteiger partial charge in [0.05, 0.1) is 18.4 Å². The molecule has 2 spiro atoms. The number of hydrogen-bond donors (Lipinski definition) is 1. The summed E-state index contributed by atoms with van der Waals surface area (Å²) < 4.78 is 18.7. The molecule has 8 rings (SSSR count). The number of piperidine rings is 1. The minimum atomic E-state index is -0.838. The van der Waals surface area contributed by atoms with Gasteiger partial charge >= 0.3 is 0 Å². The van der Waals surface area contributed by atoms with Crippen LogP contribution < -0.4 is 15.2 Å². The van der Waals surface area contributed by atoms with E-state index in [9.17, 15) is 4.79 Å². The number of primary amides is 1. The average Bonchev–Trinajstić information content (AvgIpc) is 3.52. The van der Waals surface area contributed by atoms with Crippen LogP contribution in [0.25, 0.3) is 0 Å². The molecule has 1 amide bonds. The van der Waals surface area contributed by atoms with E-state index in [-0.39, 0.29) is 22.8 Å². The number of rotatable bonds is 5. The van der Waals surface area contributed by atoms with Crippen LogP contribution in [0.3, 0.4) is 0 Å². The molecule has 1 unspecified atom stereocenters. The first kappa shape index (κ1) is 18.5. The smallest absolute Gasteiger partial charge is 0.223 e. The molecular weight excluding hydrogens is 392 g/mol. The number of fused-ring (bicyclic) bond motifs is 1. The van der Waals surface area contributed by atoms with Gasteiger partial charge in [0, 0.05) is 30.7 Å². The van der Waals surface area contributed by atoms with Crippen molar-refractivity contribution in [1.82, 2.24) is 4.90 Å². The predicted octanol–water partition coefficient (Wildman–Crippen LogP) is 2.18. The Morgan fingerprint density at radius 3 is 2.84 bits per heavy atom. The summed E-state index contributed by atoms with van der Waals surface area (Å²) in [6.45, 7) is 2.23. The molecule has 2 N–H and O–H groups in total. The molecule has 164 valence electrons. The molecule has 4 bridgehead atoms. The fourth-order valence-corrected chi connectivity index (χ4v) is 8.25. The third-order valence-electron chi connectivity index (χ3n) is 9.65. The minimum Gasteiger partial charge on any atom is -0.493 e. The Kier molecular flexibility index (Phi) is 3.37. The molecule has 31 heavy (non-hydrogen) atoms. The van der Waals surface area contributed by atoms with Crippen LogP contribution in [0.2, 0.25) is 0 Å². The van der Waals surface area contributed by atoms with Gasteiger partial charge in [-0.15, -0.1) is 0 Å². The van der Waals surface area contributed by atoms with Crippen molar-refractivity contribution in [1.29, 1.82) is 0 Å². The number of methoxy groups -OCH3 is 2. The highest BCUT2D eigenvalue weighted by molar-refractivity contribution is 5.81. The van der Waals surface area contributed by atoms with Crippen molar-refractivity contribution in [3.63, 3.8) is 0 Å². The number of hydrogen-bond acceptors (Lipinski definition) is 5. The van der Waals surface area contributed by atoms with Crippen molar-refractivity contribution < 1.29 is 19.0 Å². The van der Waals surface area contributed by atoms with Crippen molar-refractivity contribution >= 4 is 5.91 Å². The number of likely N-dealkylation sites (tertiary alicyclic amines) is 1. The van der Waals surface area contributed by atoms with Crippen LogP contribution in [0.4, 0.5) is 0 Å². The molecule has 5 aliphatic carbocycles. The number of amides is 1. The van der Waals surface area contributed by atoms with Crippen LogP contribution in [0.1, 0.15) is 36.8 Å². The lowest BCUT2D eigenvalue weighted by atomic mass is 9.37. The summed E-state index contributed by atoms with van der Waals surface area (Å²) in [6.07, 6.45) is 9.67. The molecule has 0 aromatic heterocycles. The highest BCUT2D eigenvalue weighted by Gasteiger charge is 2.79. The third-order valence-corrected chi connectivity index (χ3v) is 9.65. The van der Waals surface area contributed by atoms with Gasteiger partial charge in [-0.25, -0.2) is 0 Å². The zero-order valence-corrected chi connectivity index (χ0v) is 18.2. The second-order valence-corrected chi connectivity index (χ2v) is 10.6. The van der Waals surface area contributed by atoms with Gasteiger partial charge in [-0.3, -0.25) is 9.69 Å². The standard InChI is InChI=1S/C25H30N2O4/c1-29-17-6-5-15-11-18-23-7-8-25(30-2,16(12-23)21(26)28)22-24(23,19(15)20(17)31-22)9-10-27(18)13-14-3-4-14/h5-8,14,16,18,22H,3-4,9-13H2,1-2H3,(H2,26,28)/t16-,18-,22?,23-,24+,25-/m1/s1. The van der Waals surface area contributed by atoms with Crippen molar-refractivity contribution in [2.45, 2.75) is 55.3 Å². The maximum Gasteiger partial charge on any atom is 0.223 e. The maximum atomic E-state index is 12.8. The molecule has 1 aromatic carbocycles. The van der Waals surface area contributed by atoms with Gasteiger partial charge in [-0.05, 0) is 56.2 Å². The molecule has 1 aromatic rings. The molecule has 7 aliphatic rings. The largest absolute Gasteiger partial charge is 0.493 e. The summed E-state index contributed by atoms with van der Waals surface area (Å²) in [7, 11) is 3.40. The summed E-state index contributed by atoms with van der Waals surface area (Å²) in [5.74, 6) is 1.78. The topological polar surface area (TPSA) is 74.0 Å². The Hall–Kier alpha value is -2.05. The van der Waals surface area contributed by atoms with E-state index in [4.69, 9.17) is 19.9 Å². The van der Waals surface area contributed by atoms with Crippen molar-refractivity contribution in [2.75, 3.05) is 27.3 Å². The molecule has 2 heterocycles. The first-order valence-electron chi connectivity index (χ1n) is 11.7. The molecular formula is C25H30N2O4. The molecule has 6 heteroatoms. The van der Waals surface area contributed by atoms with E-state index in [1.807, 2.05) is 6.07 Å². The van der Waals surface area contributed by atoms with Gasteiger partial charge < -0.3 is 19.9 Å². The van der Waals surface area contributed by atoms with E-state index in [1.54, 1.807) is 14.2 Å². The zero-order chi connectivity index (χ0) is 21.2. The number of nitrogens with zero attached hydrogens (tertiary/aromatic N) is 1. The third kappa shape index (κ3) is 1.88. The van der Waals surface area contributed by atoms with E-state index in [0.717, 1.165) is 49.8 Å². The Balaban J connectivity index is 1.51. The summed E-state index contributed by atoms with van der Waals surface area (Å²) in [6, 6.07) is 4.64. The monoisotopic (exact) mass is 422 g/mol. The van der Waals surface area contributed by atoms with Gasteiger partial charge in [0.1, 0.15) is 11.7 Å². The molecule has 2 saturated carbocycles. The van der Waals surface area contributed by atoms with Gasteiger partial charge in [0.25, 0.3) is 0 Å². The lowest BCUT2D eigenvalue weighted by molar-refractivity contribution is -0.214. The number of nitrogens with two attached hydrogens (primary N) is 1. The maximum absolute atomic E-state index is 12.8. The van der Waals surface area contributed by atoms with E-state index in [1.165, 1.54) is 24.0 Å². The molecule has 1 saturated heterocycles. The zero-order valence-electron chi connectivity index (χ0n) is 18.2. The lowest BCUT2D eigenvalue weighted by Crippen LogP contribution is -2.80. The van der Waals surface area contributed by atoms with Crippen LogP contribution in [-0.4, -0.2) is 55.9 Å². The highest BCUT2D eigenvalue weighted by atomic mass is 16.6. The number of carbonyl (C=O) groups is 1. The Labute approximate surface area is 182 Å². The first-order chi connectivity index (χ1) is 15.0. The van der Waals surface area contributed by atoms with Crippen LogP contribution in [0.15, 0.2) is 24.3 Å². The SMILES string of the molecule is COc1ccc2c3c1OC1[C@@]4(OC)C=C[C@@]5(C[C@@H]4C(N)=O)[C@@H](C2)N(CC2CC2)CC[C@]315. The summed E-state index contributed by atoms with van der Waals surface area (Å²) in [5.41, 5.74) is 7.49. The van der Waals surface area contributed by atoms with E-state index >= 15 is 0 Å². The second-order valence-electron chi connectivity index (χ2n) is 10.6. The fourth-order valence-electron chi connectivity index (χ4n) is 8.25. The van der Waals surface area contributed by atoms with Crippen molar-refractivity contribution in [2.24, 2.45) is 23.0 Å². The molecule has 6 nitrogen and oxygen atoms in total. The van der Waals surface area contributed by atoms with Gasteiger partial charge in [0.2, 0.25) is 5.91 Å². The summed E-state index contributed by atoms with van der Waals surface area (Å²) in [4.78, 5) is 15.5. The number of carbonyl (C=O) groups excluding carboxylic acids is 1. The van der Waals surface area contributed by atoms with Crippen LogP contribution >= 0.6 is 0 Å². The van der Waals surface area contributed by atoms with Gasteiger partial charge in [-0.2, -0.15) is 0 Å². The van der Waals surface area contributed by atoms with Crippen LogP contribution in [-0.2, 0) is 21.4 Å². The van der Waals surface area contributed by atoms with E-state index in [0.29, 0.717) is 6.04 Å². The Bertz CT molecular complexity index is 1030. The normalized spacial score (nSPS) is 43.5. The first-order valence-corrected chi connectivity index (χ1v) is 11.7. The average molecular weight is 423 g/mol. The fraction of sp³-hybridized carbons (Fsp3) is 0.640. The summed E-state index contributed by atoms with van der Waals surface area (Å²) >= 11 is 0. The van der Waals surface area contributed by atoms with Crippen molar-refractivity contribution in [3.8, 4) is 11.5 Å². The van der Waals surface area contributed by atoms with Gasteiger partial charge in [0.15, 0.2) is 11.5 Å². The Morgan fingerprint density at radius 2 is 2.13 bits per heavy atom. The lowest BCUT2D eigenvalue weighted by Gasteiger charge is -2.71. The van der Waals surface area contributed by atoms with E-state index < -0.39 is 11.5 Å². The molecule has 2 aliphatic heterocycles. The van der Waals surface area contributed by atoms with Gasteiger partial charge in [-0.1, -0.05) is 18.2 Å². The quantitative estimate of drug-likeness (QED) is 0.737. The number of ether oxygens (including phenoxy) is 3. The number of benzene rings is 1. The van der Waals surface area contributed by atoms with E-state index in [2.05, 4.69) is 23.1 Å².